The third kappa shape index (κ3) is 3.48. The second-order valence-electron chi connectivity index (χ2n) is 4.45. The molecule has 0 fully saturated rings. The molecule has 2 aromatic carbocycles. The third-order valence-corrected chi connectivity index (χ3v) is 3.80. The van der Waals surface area contributed by atoms with Crippen molar-refractivity contribution in [1.29, 1.82) is 0 Å². The van der Waals surface area contributed by atoms with Gasteiger partial charge in [-0.15, -0.1) is 0 Å². The molecule has 2 rings (SSSR count). The van der Waals surface area contributed by atoms with Crippen molar-refractivity contribution in [1.82, 2.24) is 5.32 Å². The van der Waals surface area contributed by atoms with E-state index in [1.165, 1.54) is 30.3 Å². The number of nitrogens with one attached hydrogen (secondary N) is 1. The summed E-state index contributed by atoms with van der Waals surface area (Å²) in [5.74, 6) is -0.823. The fourth-order valence-corrected chi connectivity index (χ4v) is 2.35. The Morgan fingerprint density at radius 2 is 1.75 bits per heavy atom. The average molecular weight is 316 g/mol. The fraction of sp³-hybridized carbons (Fsp3) is 0.200. The highest BCUT2D eigenvalue weighted by Crippen LogP contribution is 2.26. The molecule has 0 saturated carbocycles. The van der Waals surface area contributed by atoms with Crippen LogP contribution in [0.5, 0.6) is 0 Å². The van der Waals surface area contributed by atoms with E-state index in [1.807, 2.05) is 0 Å². The van der Waals surface area contributed by atoms with Crippen LogP contribution in [0.25, 0.3) is 0 Å². The first-order valence-corrected chi connectivity index (χ1v) is 6.83. The maximum atomic E-state index is 13.5. The lowest BCUT2D eigenvalue weighted by Gasteiger charge is -2.18. The number of hydrogen-bond acceptors (Lipinski definition) is 1. The zero-order chi connectivity index (χ0) is 14.7. The number of halogens is 4. The zero-order valence-electron chi connectivity index (χ0n) is 10.8. The molecule has 0 aromatic heterocycles. The lowest BCUT2D eigenvalue weighted by Crippen LogP contribution is -2.19. The Labute approximate surface area is 126 Å². The lowest BCUT2D eigenvalue weighted by atomic mass is 9.99. The van der Waals surface area contributed by atoms with Gasteiger partial charge in [-0.05, 0) is 54.9 Å². The standard InChI is InChI=1S/C15H13Cl2F2N/c1-20-15(9-2-4-13(17)14(19)7-9)8-10-6-11(18)3-5-12(10)16/h2-7,15,20H,8H2,1H3. The highest BCUT2D eigenvalue weighted by atomic mass is 35.5. The molecule has 0 aliphatic carbocycles. The molecule has 0 saturated heterocycles. The maximum Gasteiger partial charge on any atom is 0.142 e. The topological polar surface area (TPSA) is 12.0 Å². The summed E-state index contributed by atoms with van der Waals surface area (Å²) in [6, 6.07) is 8.64. The second-order valence-corrected chi connectivity index (χ2v) is 5.27. The SMILES string of the molecule is CNC(Cc1cc(F)ccc1Cl)c1ccc(Cl)c(F)c1. The van der Waals surface area contributed by atoms with Gasteiger partial charge in [-0.2, -0.15) is 0 Å². The molecule has 0 spiro atoms. The minimum absolute atomic E-state index is 0.0763. The Balaban J connectivity index is 2.28. The first-order chi connectivity index (χ1) is 9.51. The maximum absolute atomic E-state index is 13.5. The van der Waals surface area contributed by atoms with Gasteiger partial charge in [0.05, 0.1) is 5.02 Å². The van der Waals surface area contributed by atoms with Gasteiger partial charge in [0.2, 0.25) is 0 Å². The van der Waals surface area contributed by atoms with E-state index < -0.39 is 5.82 Å². The normalized spacial score (nSPS) is 12.4. The monoisotopic (exact) mass is 315 g/mol. The van der Waals surface area contributed by atoms with Crippen LogP contribution >= 0.6 is 23.2 Å². The summed E-state index contributed by atoms with van der Waals surface area (Å²) in [5.41, 5.74) is 1.40. The van der Waals surface area contributed by atoms with E-state index >= 15 is 0 Å². The first kappa shape index (κ1) is 15.2. The fourth-order valence-electron chi connectivity index (χ4n) is 2.04. The van der Waals surface area contributed by atoms with E-state index in [9.17, 15) is 8.78 Å². The van der Waals surface area contributed by atoms with Gasteiger partial charge in [0, 0.05) is 11.1 Å². The van der Waals surface area contributed by atoms with Crippen molar-refractivity contribution in [3.05, 3.63) is 69.2 Å². The van der Waals surface area contributed by atoms with Crippen molar-refractivity contribution in [3.63, 3.8) is 0 Å². The van der Waals surface area contributed by atoms with Crippen molar-refractivity contribution in [3.8, 4) is 0 Å². The summed E-state index contributed by atoms with van der Waals surface area (Å²) < 4.78 is 26.8. The van der Waals surface area contributed by atoms with Gasteiger partial charge in [-0.3, -0.25) is 0 Å². The Morgan fingerprint density at radius 1 is 1.05 bits per heavy atom. The van der Waals surface area contributed by atoms with Crippen molar-refractivity contribution >= 4 is 23.2 Å². The van der Waals surface area contributed by atoms with E-state index in [2.05, 4.69) is 5.32 Å². The molecule has 106 valence electrons. The van der Waals surface area contributed by atoms with Crippen LogP contribution in [-0.2, 0) is 6.42 Å². The van der Waals surface area contributed by atoms with Gasteiger partial charge in [0.1, 0.15) is 11.6 Å². The van der Waals surface area contributed by atoms with Crippen LogP contribution in [0, 0.1) is 11.6 Å². The van der Waals surface area contributed by atoms with Crippen molar-refractivity contribution < 1.29 is 8.78 Å². The van der Waals surface area contributed by atoms with Gasteiger partial charge >= 0.3 is 0 Å². The predicted octanol–water partition coefficient (Wildman–Crippen LogP) is 4.77. The van der Waals surface area contributed by atoms with Gasteiger partial charge in [0.15, 0.2) is 0 Å². The molecule has 0 aliphatic rings. The summed E-state index contributed by atoms with van der Waals surface area (Å²) in [4.78, 5) is 0. The molecule has 20 heavy (non-hydrogen) atoms. The largest absolute Gasteiger partial charge is 0.313 e. The molecule has 1 nitrogen and oxygen atoms in total. The molecule has 0 heterocycles. The van der Waals surface area contributed by atoms with Crippen molar-refractivity contribution in [2.45, 2.75) is 12.5 Å². The second kappa shape index (κ2) is 6.53. The van der Waals surface area contributed by atoms with Gasteiger partial charge in [-0.1, -0.05) is 29.3 Å². The molecule has 1 unspecified atom stereocenters. The smallest absolute Gasteiger partial charge is 0.142 e. The molecule has 5 heteroatoms. The number of hydrogen-bond donors (Lipinski definition) is 1. The average Bonchev–Trinajstić information content (AvgIpc) is 2.43. The quantitative estimate of drug-likeness (QED) is 0.856. The molecular weight excluding hydrogens is 303 g/mol. The summed E-state index contributed by atoms with van der Waals surface area (Å²) >= 11 is 11.7. The van der Waals surface area contributed by atoms with Crippen molar-refractivity contribution in [2.24, 2.45) is 0 Å². The lowest BCUT2D eigenvalue weighted by molar-refractivity contribution is 0.573. The Kier molecular flexibility index (Phi) is 4.97. The molecular formula is C15H13Cl2F2N. The van der Waals surface area contributed by atoms with Gasteiger partial charge in [-0.25, -0.2) is 8.78 Å². The van der Waals surface area contributed by atoms with Gasteiger partial charge in [0.25, 0.3) is 0 Å². The van der Waals surface area contributed by atoms with Crippen LogP contribution < -0.4 is 5.32 Å². The molecule has 0 amide bonds. The third-order valence-electron chi connectivity index (χ3n) is 3.13. The Bertz CT molecular complexity index is 617. The summed E-state index contributed by atoms with van der Waals surface area (Å²) in [5, 5.41) is 3.63. The van der Waals surface area contributed by atoms with Crippen LogP contribution in [-0.4, -0.2) is 7.05 Å². The Hall–Kier alpha value is -1.16. The highest BCUT2D eigenvalue weighted by Gasteiger charge is 2.14. The van der Waals surface area contributed by atoms with Crippen LogP contribution in [0.4, 0.5) is 8.78 Å². The predicted molar refractivity (Wildman–Crippen MR) is 78.3 cm³/mol. The molecule has 1 atom stereocenters. The zero-order valence-corrected chi connectivity index (χ0v) is 12.3. The van der Waals surface area contributed by atoms with E-state index in [-0.39, 0.29) is 16.9 Å². The van der Waals surface area contributed by atoms with Crippen LogP contribution in [0.1, 0.15) is 17.2 Å². The molecule has 2 aromatic rings. The van der Waals surface area contributed by atoms with E-state index in [1.54, 1.807) is 13.1 Å². The summed E-state index contributed by atoms with van der Waals surface area (Å²) in [6.45, 7) is 0. The Morgan fingerprint density at radius 3 is 2.40 bits per heavy atom. The van der Waals surface area contributed by atoms with E-state index in [4.69, 9.17) is 23.2 Å². The van der Waals surface area contributed by atoms with Crippen LogP contribution in [0.15, 0.2) is 36.4 Å². The summed E-state index contributed by atoms with van der Waals surface area (Å²) in [7, 11) is 1.75. The number of benzene rings is 2. The van der Waals surface area contributed by atoms with Gasteiger partial charge < -0.3 is 5.32 Å². The number of likely N-dealkylation sites (N-methyl/N-ethyl adjacent to an activating group) is 1. The van der Waals surface area contributed by atoms with E-state index in [0.717, 1.165) is 5.56 Å². The molecule has 1 N–H and O–H groups in total. The molecule has 0 radical (unpaired) electrons. The van der Waals surface area contributed by atoms with Crippen LogP contribution in [0.2, 0.25) is 10.0 Å². The van der Waals surface area contributed by atoms with Crippen LogP contribution in [0.3, 0.4) is 0 Å². The number of rotatable bonds is 4. The summed E-state index contributed by atoms with van der Waals surface area (Å²) in [6.07, 6.45) is 0.453. The minimum atomic E-state index is -0.477. The highest BCUT2D eigenvalue weighted by molar-refractivity contribution is 6.31. The van der Waals surface area contributed by atoms with Crippen molar-refractivity contribution in [2.75, 3.05) is 7.05 Å². The minimum Gasteiger partial charge on any atom is -0.313 e. The first-order valence-electron chi connectivity index (χ1n) is 6.07. The van der Waals surface area contributed by atoms with E-state index in [0.29, 0.717) is 17.0 Å². The molecule has 0 aliphatic heterocycles. The molecule has 0 bridgehead atoms.